The summed E-state index contributed by atoms with van der Waals surface area (Å²) in [5.74, 6) is -0.838. The summed E-state index contributed by atoms with van der Waals surface area (Å²) in [6.07, 6.45) is 0.274. The molecule has 0 heterocycles. The molecule has 10 heteroatoms. The van der Waals surface area contributed by atoms with Crippen molar-refractivity contribution in [2.24, 2.45) is 0 Å². The lowest BCUT2D eigenvalue weighted by Gasteiger charge is -2.32. The van der Waals surface area contributed by atoms with Gasteiger partial charge in [0, 0.05) is 36.6 Å². The molecular weight excluding hydrogens is 566 g/mol. The zero-order chi connectivity index (χ0) is 26.3. The first-order valence-corrected chi connectivity index (χ1v) is 13.7. The number of carbonyl (C=O) groups excluding carboxylic acids is 2. The lowest BCUT2D eigenvalue weighted by Crippen LogP contribution is -2.52. The molecule has 0 spiro atoms. The Balaban J connectivity index is 1.93. The lowest BCUT2D eigenvalue weighted by atomic mass is 10.0. The first-order chi connectivity index (χ1) is 17.1. The van der Waals surface area contributed by atoms with E-state index in [2.05, 4.69) is 21.2 Å². The molecule has 1 N–H and O–H groups in total. The molecular formula is C26H27BrClN3O4S. The number of rotatable bonds is 10. The largest absolute Gasteiger partial charge is 0.357 e. The Morgan fingerprint density at radius 1 is 0.944 bits per heavy atom. The minimum Gasteiger partial charge on any atom is -0.357 e. The van der Waals surface area contributed by atoms with E-state index in [1.807, 2.05) is 54.6 Å². The number of halogens is 2. The van der Waals surface area contributed by atoms with E-state index in [1.165, 1.54) is 43.3 Å². The number of amides is 2. The molecule has 3 rings (SSSR count). The van der Waals surface area contributed by atoms with Gasteiger partial charge in [-0.25, -0.2) is 8.42 Å². The smallest absolute Gasteiger partial charge is 0.243 e. The average Bonchev–Trinajstić information content (AvgIpc) is 2.87. The second-order valence-corrected chi connectivity index (χ2v) is 11.6. The molecule has 0 radical (unpaired) electrons. The van der Waals surface area contributed by atoms with Gasteiger partial charge >= 0.3 is 0 Å². The van der Waals surface area contributed by atoms with Crippen molar-refractivity contribution in [1.82, 2.24) is 14.5 Å². The number of benzene rings is 3. The van der Waals surface area contributed by atoms with Crippen LogP contribution in [-0.4, -0.2) is 56.1 Å². The minimum absolute atomic E-state index is 0.0220. The van der Waals surface area contributed by atoms with Crippen molar-refractivity contribution in [3.05, 3.63) is 99.5 Å². The van der Waals surface area contributed by atoms with Gasteiger partial charge in [0.05, 0.1) is 11.4 Å². The Morgan fingerprint density at radius 3 is 2.14 bits per heavy atom. The van der Waals surface area contributed by atoms with Gasteiger partial charge in [0.1, 0.15) is 6.04 Å². The van der Waals surface area contributed by atoms with Gasteiger partial charge in [-0.05, 0) is 47.5 Å². The van der Waals surface area contributed by atoms with E-state index in [-0.39, 0.29) is 23.8 Å². The summed E-state index contributed by atoms with van der Waals surface area (Å²) in [7, 11) is -1.10. The molecule has 7 nitrogen and oxygen atoms in total. The second kappa shape index (κ2) is 12.5. The summed E-state index contributed by atoms with van der Waals surface area (Å²) in [5.41, 5.74) is 1.68. The van der Waals surface area contributed by atoms with Crippen molar-refractivity contribution >= 4 is 49.4 Å². The summed E-state index contributed by atoms with van der Waals surface area (Å²) < 4.78 is 28.0. The lowest BCUT2D eigenvalue weighted by molar-refractivity contribution is -0.141. The number of hydrogen-bond donors (Lipinski definition) is 1. The molecule has 0 saturated heterocycles. The highest BCUT2D eigenvalue weighted by atomic mass is 79.9. The minimum atomic E-state index is -3.95. The molecule has 0 unspecified atom stereocenters. The van der Waals surface area contributed by atoms with E-state index in [1.54, 1.807) is 0 Å². The van der Waals surface area contributed by atoms with Crippen LogP contribution in [0, 0.1) is 0 Å². The summed E-state index contributed by atoms with van der Waals surface area (Å²) in [4.78, 5) is 28.1. The molecule has 2 amide bonds. The van der Waals surface area contributed by atoms with Gasteiger partial charge in [-0.3, -0.25) is 9.59 Å². The molecule has 0 aliphatic heterocycles. The highest BCUT2D eigenvalue weighted by Crippen LogP contribution is 2.20. The Bertz CT molecular complexity index is 1290. The van der Waals surface area contributed by atoms with E-state index in [4.69, 9.17) is 11.6 Å². The molecule has 36 heavy (non-hydrogen) atoms. The van der Waals surface area contributed by atoms with Crippen LogP contribution in [0.5, 0.6) is 0 Å². The molecule has 0 saturated carbocycles. The number of sulfonamides is 1. The topological polar surface area (TPSA) is 86.8 Å². The van der Waals surface area contributed by atoms with Crippen molar-refractivity contribution < 1.29 is 18.0 Å². The maximum atomic E-state index is 13.6. The third kappa shape index (κ3) is 7.16. The standard InChI is InChI=1S/C26H27BrClN3O4S/c1-29-26(33)24(16-19-6-4-3-5-7-19)31(17-20-8-10-21(27)11-9-20)25(32)18-30(2)36(34,35)23-14-12-22(28)13-15-23/h3-15,24H,16-18H2,1-2H3,(H,29,33)/t24-/m0/s1. The fraction of sp³-hybridized carbons (Fsp3) is 0.231. The van der Waals surface area contributed by atoms with Crippen LogP contribution >= 0.6 is 27.5 Å². The quantitative estimate of drug-likeness (QED) is 0.384. The zero-order valence-electron chi connectivity index (χ0n) is 19.9. The first-order valence-electron chi connectivity index (χ1n) is 11.1. The molecule has 0 fully saturated rings. The van der Waals surface area contributed by atoms with E-state index in [0.717, 1.165) is 19.9 Å². The Labute approximate surface area is 225 Å². The van der Waals surface area contributed by atoms with Crippen LogP contribution in [-0.2, 0) is 32.6 Å². The molecule has 1 atom stereocenters. The van der Waals surface area contributed by atoms with Crippen LogP contribution in [0.25, 0.3) is 0 Å². The highest BCUT2D eigenvalue weighted by molar-refractivity contribution is 9.10. The van der Waals surface area contributed by atoms with E-state index >= 15 is 0 Å². The number of nitrogens with one attached hydrogen (secondary N) is 1. The van der Waals surface area contributed by atoms with Crippen LogP contribution in [0.4, 0.5) is 0 Å². The summed E-state index contributed by atoms with van der Waals surface area (Å²) in [5, 5.41) is 3.05. The molecule has 0 bridgehead atoms. The molecule has 0 aliphatic rings. The van der Waals surface area contributed by atoms with E-state index < -0.39 is 28.5 Å². The third-order valence-electron chi connectivity index (χ3n) is 5.66. The van der Waals surface area contributed by atoms with Gasteiger partial charge in [0.15, 0.2) is 0 Å². The molecule has 190 valence electrons. The van der Waals surface area contributed by atoms with Gasteiger partial charge in [-0.15, -0.1) is 0 Å². The summed E-state index contributed by atoms with van der Waals surface area (Å²) in [6, 6.07) is 21.7. The molecule has 3 aromatic carbocycles. The van der Waals surface area contributed by atoms with Crippen LogP contribution in [0.2, 0.25) is 5.02 Å². The molecule has 0 aliphatic carbocycles. The third-order valence-corrected chi connectivity index (χ3v) is 8.26. The Kier molecular flexibility index (Phi) is 9.67. The molecule has 0 aromatic heterocycles. The van der Waals surface area contributed by atoms with E-state index in [0.29, 0.717) is 5.02 Å². The van der Waals surface area contributed by atoms with Gasteiger partial charge in [0.2, 0.25) is 21.8 Å². The predicted molar refractivity (Wildman–Crippen MR) is 144 cm³/mol. The number of nitrogens with zero attached hydrogens (tertiary/aromatic N) is 2. The number of likely N-dealkylation sites (N-methyl/N-ethyl adjacent to an activating group) is 2. The van der Waals surface area contributed by atoms with Crippen molar-refractivity contribution in [3.63, 3.8) is 0 Å². The van der Waals surface area contributed by atoms with Gasteiger partial charge in [0.25, 0.3) is 0 Å². The van der Waals surface area contributed by atoms with Crippen LogP contribution < -0.4 is 5.32 Å². The monoisotopic (exact) mass is 591 g/mol. The first kappa shape index (κ1) is 27.9. The maximum Gasteiger partial charge on any atom is 0.243 e. The fourth-order valence-electron chi connectivity index (χ4n) is 3.66. The average molecular weight is 593 g/mol. The van der Waals surface area contributed by atoms with Gasteiger partial charge in [-0.1, -0.05) is 70.0 Å². The second-order valence-electron chi connectivity index (χ2n) is 8.18. The van der Waals surface area contributed by atoms with Gasteiger partial charge < -0.3 is 10.2 Å². The molecule has 3 aromatic rings. The summed E-state index contributed by atoms with van der Waals surface area (Å²) in [6.45, 7) is -0.310. The van der Waals surface area contributed by atoms with Crippen molar-refractivity contribution in [2.45, 2.75) is 23.9 Å². The Hall–Kier alpha value is -2.72. The van der Waals surface area contributed by atoms with Gasteiger partial charge in [-0.2, -0.15) is 4.31 Å². The van der Waals surface area contributed by atoms with Crippen LogP contribution in [0.3, 0.4) is 0 Å². The summed E-state index contributed by atoms with van der Waals surface area (Å²) >= 11 is 9.29. The normalized spacial score (nSPS) is 12.2. The van der Waals surface area contributed by atoms with Crippen molar-refractivity contribution in [2.75, 3.05) is 20.6 Å². The predicted octanol–water partition coefficient (Wildman–Crippen LogP) is 4.11. The SMILES string of the molecule is CNC(=O)[C@H](Cc1ccccc1)N(Cc1ccc(Br)cc1)C(=O)CN(C)S(=O)(=O)c1ccc(Cl)cc1. The zero-order valence-corrected chi connectivity index (χ0v) is 23.1. The number of carbonyl (C=O) groups is 2. The Morgan fingerprint density at radius 2 is 1.56 bits per heavy atom. The fourth-order valence-corrected chi connectivity index (χ4v) is 5.17. The van der Waals surface area contributed by atoms with Crippen molar-refractivity contribution in [3.8, 4) is 0 Å². The maximum absolute atomic E-state index is 13.6. The number of hydrogen-bond acceptors (Lipinski definition) is 4. The van der Waals surface area contributed by atoms with Crippen LogP contribution in [0.1, 0.15) is 11.1 Å². The highest BCUT2D eigenvalue weighted by Gasteiger charge is 2.32. The van der Waals surface area contributed by atoms with Crippen LogP contribution in [0.15, 0.2) is 88.2 Å². The van der Waals surface area contributed by atoms with E-state index in [9.17, 15) is 18.0 Å². The van der Waals surface area contributed by atoms with Crippen molar-refractivity contribution in [1.29, 1.82) is 0 Å².